The Balaban J connectivity index is 2.00. The molecule has 2 rings (SSSR count). The minimum Gasteiger partial charge on any atom is -0.381 e. The van der Waals surface area contributed by atoms with Crippen LogP contribution in [0.15, 0.2) is 0 Å². The molecular weight excluding hydrogens is 214 g/mol. The lowest BCUT2D eigenvalue weighted by atomic mass is 9.81. The first-order valence-corrected chi connectivity index (χ1v) is 6.95. The summed E-state index contributed by atoms with van der Waals surface area (Å²) in [6.07, 6.45) is 5.58. The lowest BCUT2D eigenvalue weighted by Gasteiger charge is -2.38. The van der Waals surface area contributed by atoms with Gasteiger partial charge in [-0.15, -0.1) is 0 Å². The summed E-state index contributed by atoms with van der Waals surface area (Å²) in [7, 11) is 0. The van der Waals surface area contributed by atoms with Gasteiger partial charge in [-0.05, 0) is 38.1 Å². The molecule has 0 spiro atoms. The van der Waals surface area contributed by atoms with Gasteiger partial charge in [0, 0.05) is 31.2 Å². The Morgan fingerprint density at radius 3 is 2.71 bits per heavy atom. The summed E-state index contributed by atoms with van der Waals surface area (Å²) in [6.45, 7) is 8.20. The van der Waals surface area contributed by atoms with Crippen molar-refractivity contribution >= 4 is 6.29 Å². The Morgan fingerprint density at radius 1 is 1.41 bits per heavy atom. The second-order valence-corrected chi connectivity index (χ2v) is 6.02. The van der Waals surface area contributed by atoms with Crippen molar-refractivity contribution in [3.05, 3.63) is 0 Å². The Bertz CT molecular complexity index is 259. The van der Waals surface area contributed by atoms with E-state index < -0.39 is 0 Å². The van der Waals surface area contributed by atoms with Crippen LogP contribution in [0, 0.1) is 11.3 Å². The third-order valence-corrected chi connectivity index (χ3v) is 4.44. The van der Waals surface area contributed by atoms with E-state index in [1.165, 1.54) is 25.7 Å². The Hall–Kier alpha value is -0.410. The quantitative estimate of drug-likeness (QED) is 0.704. The summed E-state index contributed by atoms with van der Waals surface area (Å²) in [5, 5.41) is 0. The van der Waals surface area contributed by atoms with Crippen molar-refractivity contribution in [2.45, 2.75) is 45.6 Å². The number of aldehydes is 1. The van der Waals surface area contributed by atoms with Gasteiger partial charge < -0.3 is 9.53 Å². The molecule has 0 aromatic rings. The van der Waals surface area contributed by atoms with Crippen LogP contribution >= 0.6 is 0 Å². The van der Waals surface area contributed by atoms with Crippen LogP contribution in [0.4, 0.5) is 0 Å². The highest BCUT2D eigenvalue weighted by atomic mass is 16.5. The van der Waals surface area contributed by atoms with E-state index >= 15 is 0 Å². The van der Waals surface area contributed by atoms with Crippen LogP contribution in [0.5, 0.6) is 0 Å². The van der Waals surface area contributed by atoms with Crippen molar-refractivity contribution in [2.24, 2.45) is 11.3 Å². The molecular formula is C14H25NO2. The van der Waals surface area contributed by atoms with E-state index in [0.717, 1.165) is 32.6 Å². The highest BCUT2D eigenvalue weighted by Crippen LogP contribution is 2.33. The van der Waals surface area contributed by atoms with E-state index in [1.807, 2.05) is 0 Å². The molecule has 2 saturated heterocycles. The minimum atomic E-state index is -0.129. The topological polar surface area (TPSA) is 29.5 Å². The number of ether oxygens (including phenoxy) is 1. The molecule has 1 atom stereocenters. The Kier molecular flexibility index (Phi) is 4.21. The average molecular weight is 239 g/mol. The fourth-order valence-electron chi connectivity index (χ4n) is 3.30. The van der Waals surface area contributed by atoms with Crippen LogP contribution in [-0.4, -0.2) is 43.5 Å². The van der Waals surface area contributed by atoms with Crippen LogP contribution in [0.1, 0.15) is 39.5 Å². The van der Waals surface area contributed by atoms with E-state index in [0.29, 0.717) is 12.0 Å². The molecule has 0 saturated carbocycles. The first-order valence-electron chi connectivity index (χ1n) is 6.95. The maximum absolute atomic E-state index is 11.5. The van der Waals surface area contributed by atoms with Gasteiger partial charge in [-0.3, -0.25) is 4.90 Å². The molecule has 0 aliphatic carbocycles. The van der Waals surface area contributed by atoms with Crippen LogP contribution in [-0.2, 0) is 9.53 Å². The third-order valence-electron chi connectivity index (χ3n) is 4.44. The summed E-state index contributed by atoms with van der Waals surface area (Å²) in [4.78, 5) is 14.0. The summed E-state index contributed by atoms with van der Waals surface area (Å²) < 4.78 is 5.39. The van der Waals surface area contributed by atoms with Gasteiger partial charge in [0.25, 0.3) is 0 Å². The molecule has 2 fully saturated rings. The van der Waals surface area contributed by atoms with E-state index in [9.17, 15) is 4.79 Å². The molecule has 0 N–H and O–H groups in total. The van der Waals surface area contributed by atoms with Crippen molar-refractivity contribution in [2.75, 3.05) is 26.3 Å². The van der Waals surface area contributed by atoms with Crippen molar-refractivity contribution in [1.82, 2.24) is 4.90 Å². The zero-order chi connectivity index (χ0) is 12.3. The fourth-order valence-corrected chi connectivity index (χ4v) is 3.30. The van der Waals surface area contributed by atoms with Crippen LogP contribution in [0.25, 0.3) is 0 Å². The lowest BCUT2D eigenvalue weighted by molar-refractivity contribution is -0.123. The number of hydrogen-bond donors (Lipinski definition) is 0. The second-order valence-electron chi connectivity index (χ2n) is 6.02. The normalized spacial score (nSPS) is 29.7. The molecule has 3 heteroatoms. The predicted molar refractivity (Wildman–Crippen MR) is 68.0 cm³/mol. The highest BCUT2D eigenvalue weighted by molar-refractivity contribution is 5.60. The van der Waals surface area contributed by atoms with Gasteiger partial charge in [0.05, 0.1) is 0 Å². The molecule has 0 bridgehead atoms. The smallest absolute Gasteiger partial charge is 0.127 e. The lowest BCUT2D eigenvalue weighted by Crippen LogP contribution is -2.45. The molecule has 2 aliphatic rings. The summed E-state index contributed by atoms with van der Waals surface area (Å²) in [6, 6.07) is 0.676. The number of likely N-dealkylation sites (tertiary alicyclic amines) is 1. The predicted octanol–water partition coefficient (Wildman–Crippen LogP) is 2.10. The number of hydrogen-bond acceptors (Lipinski definition) is 3. The monoisotopic (exact) mass is 239 g/mol. The van der Waals surface area contributed by atoms with E-state index in [1.54, 1.807) is 0 Å². The first kappa shape index (κ1) is 13.0. The third kappa shape index (κ3) is 2.89. The van der Waals surface area contributed by atoms with E-state index in [4.69, 9.17) is 4.74 Å². The van der Waals surface area contributed by atoms with Gasteiger partial charge in [0.1, 0.15) is 6.29 Å². The standard InChI is InChI=1S/C14H25NO2/c1-12(2)13-4-3-7-15(13)10-14(11-16)5-8-17-9-6-14/h11-13H,3-10H2,1-2H3. The highest BCUT2D eigenvalue weighted by Gasteiger charge is 2.38. The number of carbonyl (C=O) groups is 1. The number of nitrogens with zero attached hydrogens (tertiary/aromatic N) is 1. The Morgan fingerprint density at radius 2 is 2.12 bits per heavy atom. The van der Waals surface area contributed by atoms with Crippen LogP contribution < -0.4 is 0 Å². The van der Waals surface area contributed by atoms with Crippen molar-refractivity contribution < 1.29 is 9.53 Å². The molecule has 0 aromatic heterocycles. The maximum Gasteiger partial charge on any atom is 0.127 e. The number of rotatable bonds is 4. The van der Waals surface area contributed by atoms with Gasteiger partial charge in [-0.2, -0.15) is 0 Å². The molecule has 0 radical (unpaired) electrons. The molecule has 2 aliphatic heterocycles. The molecule has 0 aromatic carbocycles. The second kappa shape index (κ2) is 5.49. The molecule has 1 unspecified atom stereocenters. The van der Waals surface area contributed by atoms with Gasteiger partial charge in [0.15, 0.2) is 0 Å². The fraction of sp³-hybridized carbons (Fsp3) is 0.929. The minimum absolute atomic E-state index is 0.129. The molecule has 98 valence electrons. The molecule has 2 heterocycles. The number of carbonyl (C=O) groups excluding carboxylic acids is 1. The zero-order valence-corrected chi connectivity index (χ0v) is 11.2. The average Bonchev–Trinajstić information content (AvgIpc) is 2.78. The molecule has 3 nitrogen and oxygen atoms in total. The zero-order valence-electron chi connectivity index (χ0n) is 11.2. The summed E-state index contributed by atoms with van der Waals surface area (Å²) >= 11 is 0. The summed E-state index contributed by atoms with van der Waals surface area (Å²) in [5.41, 5.74) is -0.129. The van der Waals surface area contributed by atoms with E-state index in [2.05, 4.69) is 18.7 Å². The molecule has 0 amide bonds. The van der Waals surface area contributed by atoms with E-state index in [-0.39, 0.29) is 5.41 Å². The van der Waals surface area contributed by atoms with Gasteiger partial charge >= 0.3 is 0 Å². The largest absolute Gasteiger partial charge is 0.381 e. The van der Waals surface area contributed by atoms with Gasteiger partial charge in [-0.1, -0.05) is 13.8 Å². The van der Waals surface area contributed by atoms with Gasteiger partial charge in [0.2, 0.25) is 0 Å². The van der Waals surface area contributed by atoms with Crippen molar-refractivity contribution in [3.63, 3.8) is 0 Å². The maximum atomic E-state index is 11.5. The molecule has 17 heavy (non-hydrogen) atoms. The van der Waals surface area contributed by atoms with Crippen molar-refractivity contribution in [1.29, 1.82) is 0 Å². The van der Waals surface area contributed by atoms with Crippen LogP contribution in [0.2, 0.25) is 0 Å². The SMILES string of the molecule is CC(C)C1CCCN1CC1(C=O)CCOCC1. The van der Waals surface area contributed by atoms with Crippen LogP contribution in [0.3, 0.4) is 0 Å². The first-order chi connectivity index (χ1) is 8.17. The Labute approximate surface area is 105 Å². The van der Waals surface area contributed by atoms with Crippen molar-refractivity contribution in [3.8, 4) is 0 Å². The van der Waals surface area contributed by atoms with Gasteiger partial charge in [-0.25, -0.2) is 0 Å². The summed E-state index contributed by atoms with van der Waals surface area (Å²) in [5.74, 6) is 0.695.